The minimum Gasteiger partial charge on any atom is -0.459 e. The number of hydrogen-bond acceptors (Lipinski definition) is 12. The topological polar surface area (TPSA) is 162 Å². The smallest absolute Gasteiger partial charge is 0.407 e. The molecule has 1 amide bonds. The Morgan fingerprint density at radius 3 is 2.24 bits per heavy atom. The normalized spacial score (nSPS) is 38.7. The number of ether oxygens (including phenoxy) is 6. The van der Waals surface area contributed by atoms with Gasteiger partial charge in [-0.05, 0) is 78.7 Å². The molecule has 0 radical (unpaired) electrons. The van der Waals surface area contributed by atoms with Crippen LogP contribution in [-0.2, 0) is 44.4 Å². The lowest BCUT2D eigenvalue weighted by Crippen LogP contribution is -2.59. The van der Waals surface area contributed by atoms with Crippen LogP contribution in [0.15, 0.2) is 24.3 Å². The van der Waals surface area contributed by atoms with E-state index in [-0.39, 0.29) is 43.1 Å². The fourth-order valence-electron chi connectivity index (χ4n) is 8.00. The van der Waals surface area contributed by atoms with Crippen LogP contribution in [0.4, 0.5) is 9.18 Å². The van der Waals surface area contributed by atoms with Crippen LogP contribution in [0.3, 0.4) is 0 Å². The molecular weight excluding hydrogens is 703 g/mol. The van der Waals surface area contributed by atoms with Crippen LogP contribution in [0, 0.1) is 29.5 Å². The summed E-state index contributed by atoms with van der Waals surface area (Å²) in [6, 6.07) is 5.63. The van der Waals surface area contributed by atoms with Gasteiger partial charge in [0.25, 0.3) is 0 Å². The molecule has 0 saturated carbocycles. The highest BCUT2D eigenvalue weighted by Crippen LogP contribution is 2.39. The van der Waals surface area contributed by atoms with Gasteiger partial charge < -0.3 is 48.9 Å². The molecular formula is C40H65FN2O11. The maximum atomic E-state index is 14.3. The molecule has 308 valence electrons. The lowest BCUT2D eigenvalue weighted by Gasteiger charge is -2.46. The van der Waals surface area contributed by atoms with Crippen LogP contribution in [0.25, 0.3) is 0 Å². The number of carbonyl (C=O) groups excluding carboxylic acids is 3. The van der Waals surface area contributed by atoms with Crippen LogP contribution in [0.2, 0.25) is 0 Å². The zero-order chi connectivity index (χ0) is 40.7. The third-order valence-corrected chi connectivity index (χ3v) is 11.8. The molecule has 2 heterocycles. The second-order valence-electron chi connectivity index (χ2n) is 15.9. The van der Waals surface area contributed by atoms with Gasteiger partial charge in [0.05, 0.1) is 29.8 Å². The van der Waals surface area contributed by atoms with Crippen molar-refractivity contribution in [3.05, 3.63) is 35.6 Å². The van der Waals surface area contributed by atoms with E-state index in [2.05, 4.69) is 5.32 Å². The lowest BCUT2D eigenvalue weighted by atomic mass is 9.72. The summed E-state index contributed by atoms with van der Waals surface area (Å²) in [5.74, 6) is -4.85. The van der Waals surface area contributed by atoms with Crippen LogP contribution in [-0.4, -0.2) is 128 Å². The van der Waals surface area contributed by atoms with Gasteiger partial charge in [0.1, 0.15) is 35.5 Å². The van der Waals surface area contributed by atoms with E-state index in [1.54, 1.807) is 53.7 Å². The van der Waals surface area contributed by atoms with E-state index in [1.807, 2.05) is 25.9 Å². The summed E-state index contributed by atoms with van der Waals surface area (Å²) < 4.78 is 50.2. The number of cyclic esters (lactones) is 1. The molecule has 2 fully saturated rings. The van der Waals surface area contributed by atoms with E-state index in [9.17, 15) is 29.0 Å². The molecule has 54 heavy (non-hydrogen) atoms. The van der Waals surface area contributed by atoms with E-state index in [0.29, 0.717) is 12.8 Å². The molecule has 13 nitrogen and oxygen atoms in total. The van der Waals surface area contributed by atoms with Crippen molar-refractivity contribution in [3.8, 4) is 0 Å². The molecule has 0 bridgehead atoms. The Hall–Kier alpha value is -2.72. The number of likely N-dealkylation sites (N-methyl/N-ethyl adjacent to an activating group) is 1. The second kappa shape index (κ2) is 19.4. The number of nitrogens with one attached hydrogen (secondary N) is 1. The molecule has 0 spiro atoms. The molecule has 2 saturated heterocycles. The number of ketones is 1. The number of rotatable bonds is 10. The number of Topliss-reactive ketones (excluding diaryl/α,β-unsaturated/α-hetero) is 1. The van der Waals surface area contributed by atoms with Gasteiger partial charge in [-0.3, -0.25) is 9.59 Å². The van der Waals surface area contributed by atoms with Gasteiger partial charge in [0, 0.05) is 51.0 Å². The lowest BCUT2D eigenvalue weighted by molar-refractivity contribution is -0.282. The van der Waals surface area contributed by atoms with E-state index in [0.717, 1.165) is 5.56 Å². The SMILES string of the molecule is CC[C@H]1OC(=O)[C@H](C)[C@@H](OC(=O)NCCc2ccc(F)cc2)[C@H](C)[C@@H](O[C@@H]2O[C@H](C)C[C@H](N(C)C)[C@H]2O)C[C@@](C)(OC)[C@@H](C)C(=O)C(C)[C@@H](OC)[C@]1(C)O. The van der Waals surface area contributed by atoms with Crippen molar-refractivity contribution in [2.24, 2.45) is 23.7 Å². The summed E-state index contributed by atoms with van der Waals surface area (Å²) in [6.07, 6.45) is -6.30. The molecule has 0 aliphatic carbocycles. The Bertz CT molecular complexity index is 1380. The van der Waals surface area contributed by atoms with E-state index >= 15 is 0 Å². The van der Waals surface area contributed by atoms with Gasteiger partial charge in [-0.1, -0.05) is 39.8 Å². The Labute approximate surface area is 320 Å². The van der Waals surface area contributed by atoms with Crippen molar-refractivity contribution in [2.75, 3.05) is 34.9 Å². The van der Waals surface area contributed by atoms with Crippen molar-refractivity contribution < 1.29 is 57.4 Å². The Morgan fingerprint density at radius 1 is 1.06 bits per heavy atom. The number of aliphatic hydroxyl groups is 2. The fourth-order valence-corrected chi connectivity index (χ4v) is 8.00. The number of aliphatic hydroxyl groups excluding tert-OH is 1. The van der Waals surface area contributed by atoms with Crippen molar-refractivity contribution in [1.82, 2.24) is 10.2 Å². The summed E-state index contributed by atoms with van der Waals surface area (Å²) in [5.41, 5.74) is -2.19. The first-order chi connectivity index (χ1) is 25.2. The molecule has 3 N–H and O–H groups in total. The van der Waals surface area contributed by atoms with E-state index in [1.165, 1.54) is 33.3 Å². The molecule has 14 atom stereocenters. The molecule has 2 aliphatic heterocycles. The number of halogens is 1. The Balaban J connectivity index is 2.11. The summed E-state index contributed by atoms with van der Waals surface area (Å²) in [6.45, 7) is 13.8. The molecule has 2 aliphatic rings. The first-order valence-electron chi connectivity index (χ1n) is 19.1. The molecule has 1 aromatic carbocycles. The predicted molar refractivity (Wildman–Crippen MR) is 199 cm³/mol. The van der Waals surface area contributed by atoms with Crippen LogP contribution >= 0.6 is 0 Å². The Morgan fingerprint density at radius 2 is 1.69 bits per heavy atom. The largest absolute Gasteiger partial charge is 0.459 e. The van der Waals surface area contributed by atoms with Gasteiger partial charge >= 0.3 is 12.1 Å². The zero-order valence-corrected chi connectivity index (χ0v) is 34.2. The average Bonchev–Trinajstić information content (AvgIpc) is 3.12. The molecule has 1 unspecified atom stereocenters. The van der Waals surface area contributed by atoms with Crippen LogP contribution < -0.4 is 5.32 Å². The number of alkyl carbamates (subject to hydrolysis) is 1. The van der Waals surface area contributed by atoms with Gasteiger partial charge in [-0.15, -0.1) is 0 Å². The number of esters is 1. The number of carbonyl (C=O) groups is 3. The van der Waals surface area contributed by atoms with Gasteiger partial charge in [-0.2, -0.15) is 0 Å². The number of methoxy groups -OCH3 is 2. The number of amides is 1. The highest BCUT2D eigenvalue weighted by atomic mass is 19.1. The predicted octanol–water partition coefficient (Wildman–Crippen LogP) is 4.28. The summed E-state index contributed by atoms with van der Waals surface area (Å²) in [4.78, 5) is 43.7. The quantitative estimate of drug-likeness (QED) is 0.290. The summed E-state index contributed by atoms with van der Waals surface area (Å²) in [5, 5.41) is 26.1. The third-order valence-electron chi connectivity index (χ3n) is 11.8. The number of hydrogen-bond donors (Lipinski definition) is 3. The van der Waals surface area contributed by atoms with Gasteiger partial charge in [0.2, 0.25) is 0 Å². The van der Waals surface area contributed by atoms with E-state index in [4.69, 9.17) is 28.4 Å². The van der Waals surface area contributed by atoms with Crippen LogP contribution in [0.5, 0.6) is 0 Å². The molecule has 14 heteroatoms. The number of nitrogens with zero attached hydrogens (tertiary/aromatic N) is 1. The molecule has 3 rings (SSSR count). The molecule has 0 aromatic heterocycles. The van der Waals surface area contributed by atoms with Crippen LogP contribution in [0.1, 0.15) is 80.2 Å². The van der Waals surface area contributed by atoms with Gasteiger partial charge in [-0.25, -0.2) is 9.18 Å². The summed E-state index contributed by atoms with van der Waals surface area (Å²) >= 11 is 0. The molecule has 1 aromatic rings. The first kappa shape index (κ1) is 45.7. The second-order valence-corrected chi connectivity index (χ2v) is 15.9. The highest BCUT2D eigenvalue weighted by Gasteiger charge is 2.52. The third kappa shape index (κ3) is 10.8. The minimum atomic E-state index is -1.79. The first-order valence-corrected chi connectivity index (χ1v) is 19.1. The van der Waals surface area contributed by atoms with Crippen molar-refractivity contribution in [3.63, 3.8) is 0 Å². The monoisotopic (exact) mass is 768 g/mol. The number of benzene rings is 1. The minimum absolute atomic E-state index is 0.0529. The van der Waals surface area contributed by atoms with E-state index < -0.39 is 83.7 Å². The zero-order valence-electron chi connectivity index (χ0n) is 34.2. The maximum absolute atomic E-state index is 14.3. The van der Waals surface area contributed by atoms with Crippen molar-refractivity contribution >= 4 is 17.8 Å². The highest BCUT2D eigenvalue weighted by molar-refractivity contribution is 5.84. The Kier molecular flexibility index (Phi) is 16.4. The average molecular weight is 769 g/mol. The fraction of sp³-hybridized carbons (Fsp3) is 0.775. The van der Waals surface area contributed by atoms with Gasteiger partial charge in [0.15, 0.2) is 6.29 Å². The van der Waals surface area contributed by atoms with Crippen molar-refractivity contribution in [1.29, 1.82) is 0 Å². The standard InChI is InChI=1S/C40H65FN2O11/c1-13-31-40(8,48)35(49-11)24(4)32(44)26(6)39(7,50-12)21-30(52-37-33(45)29(43(9)10)20-22(2)51-37)23(3)34(25(5)36(46)53-31)54-38(47)42-19-18-27-14-16-28(41)17-15-27/h14-17,22-26,29-31,33-35,37,45,48H,13,18-21H2,1-12H3,(H,42,47)/t22-,23-,24?,25-,26+,29+,30+,31-,33-,34+,35-,37+,39-,40-/m1/s1. The summed E-state index contributed by atoms with van der Waals surface area (Å²) in [7, 11) is 6.62. The van der Waals surface area contributed by atoms with Crippen molar-refractivity contribution in [2.45, 2.75) is 141 Å². The maximum Gasteiger partial charge on any atom is 0.407 e.